The molecule has 0 saturated carbocycles. The average molecular weight is 289 g/mol. The minimum Gasteiger partial charge on any atom is -0.366 e. The molecule has 2 aromatic rings. The Morgan fingerprint density at radius 2 is 2.19 bits per heavy atom. The molecule has 1 amide bonds. The van der Waals surface area contributed by atoms with E-state index in [0.29, 0.717) is 5.69 Å². The van der Waals surface area contributed by atoms with Gasteiger partial charge in [-0.2, -0.15) is 5.10 Å². The predicted octanol–water partition coefficient (Wildman–Crippen LogP) is 2.21. The van der Waals surface area contributed by atoms with E-state index in [9.17, 15) is 14.9 Å². The van der Waals surface area contributed by atoms with E-state index in [1.807, 2.05) is 13.8 Å². The molecule has 8 nitrogen and oxygen atoms in total. The van der Waals surface area contributed by atoms with Crippen molar-refractivity contribution in [2.45, 2.75) is 19.9 Å². The van der Waals surface area contributed by atoms with E-state index in [2.05, 4.69) is 10.4 Å². The molecule has 0 aliphatic rings. The molecule has 8 heteroatoms. The van der Waals surface area contributed by atoms with Crippen LogP contribution in [0.4, 0.5) is 17.1 Å². The summed E-state index contributed by atoms with van der Waals surface area (Å²) in [5, 5.41) is 18.1. The Bertz CT molecular complexity index is 693. The van der Waals surface area contributed by atoms with E-state index in [1.165, 1.54) is 18.2 Å². The molecule has 0 atom stereocenters. The lowest BCUT2D eigenvalue weighted by Crippen LogP contribution is -2.11. The quantitative estimate of drug-likeness (QED) is 0.646. The molecule has 0 fully saturated rings. The molecule has 1 aromatic heterocycles. The maximum absolute atomic E-state index is 11.2. The minimum absolute atomic E-state index is 0.141. The molecular formula is C13H15N5O3. The highest BCUT2D eigenvalue weighted by Crippen LogP contribution is 2.28. The Hall–Kier alpha value is -2.90. The van der Waals surface area contributed by atoms with Crippen molar-refractivity contribution in [3.05, 3.63) is 46.3 Å². The number of nitrogens with two attached hydrogens (primary N) is 1. The number of hydrogen-bond acceptors (Lipinski definition) is 5. The second-order valence-electron chi connectivity index (χ2n) is 4.78. The van der Waals surface area contributed by atoms with Crippen molar-refractivity contribution >= 4 is 23.0 Å². The topological polar surface area (TPSA) is 116 Å². The molecule has 2 rings (SSSR count). The van der Waals surface area contributed by atoms with Crippen molar-refractivity contribution in [2.24, 2.45) is 5.73 Å². The first kappa shape index (κ1) is 14.5. The Kier molecular flexibility index (Phi) is 3.88. The molecular weight excluding hydrogens is 274 g/mol. The van der Waals surface area contributed by atoms with Crippen LogP contribution in [0.2, 0.25) is 0 Å². The van der Waals surface area contributed by atoms with Crippen LogP contribution < -0.4 is 11.1 Å². The summed E-state index contributed by atoms with van der Waals surface area (Å²) in [7, 11) is 0. The molecule has 110 valence electrons. The van der Waals surface area contributed by atoms with Crippen LogP contribution in [-0.2, 0) is 0 Å². The van der Waals surface area contributed by atoms with Gasteiger partial charge < -0.3 is 11.1 Å². The van der Waals surface area contributed by atoms with Gasteiger partial charge in [-0.1, -0.05) is 0 Å². The van der Waals surface area contributed by atoms with Crippen LogP contribution in [0.25, 0.3) is 0 Å². The molecule has 0 bridgehead atoms. The van der Waals surface area contributed by atoms with Crippen LogP contribution in [0.5, 0.6) is 0 Å². The first-order chi connectivity index (χ1) is 9.88. The number of nitro groups is 1. The lowest BCUT2D eigenvalue weighted by Gasteiger charge is -2.07. The monoisotopic (exact) mass is 289 g/mol. The molecule has 0 radical (unpaired) electrons. The number of rotatable bonds is 5. The average Bonchev–Trinajstić information content (AvgIpc) is 2.87. The van der Waals surface area contributed by atoms with Crippen molar-refractivity contribution in [3.8, 4) is 0 Å². The van der Waals surface area contributed by atoms with Gasteiger partial charge >= 0.3 is 0 Å². The number of carbonyl (C=O) groups excluding carboxylic acids is 1. The van der Waals surface area contributed by atoms with Gasteiger partial charge in [0.15, 0.2) is 0 Å². The highest BCUT2D eigenvalue weighted by atomic mass is 16.6. The smallest absolute Gasteiger partial charge is 0.292 e. The van der Waals surface area contributed by atoms with Crippen molar-refractivity contribution in [2.75, 3.05) is 5.32 Å². The number of nitrogens with zero attached hydrogens (tertiary/aromatic N) is 3. The summed E-state index contributed by atoms with van der Waals surface area (Å²) in [6.45, 7) is 3.93. The van der Waals surface area contributed by atoms with Gasteiger partial charge in [0, 0.05) is 23.9 Å². The predicted molar refractivity (Wildman–Crippen MR) is 77.5 cm³/mol. The lowest BCUT2D eigenvalue weighted by molar-refractivity contribution is -0.383. The van der Waals surface area contributed by atoms with E-state index < -0.39 is 10.8 Å². The Morgan fingerprint density at radius 3 is 2.71 bits per heavy atom. The van der Waals surface area contributed by atoms with Crippen molar-refractivity contribution in [1.82, 2.24) is 9.78 Å². The Morgan fingerprint density at radius 1 is 1.48 bits per heavy atom. The SMILES string of the molecule is CC(C)n1cc(Nc2cc(C(N)=O)ccc2[N+](=O)[O-])cn1. The zero-order chi connectivity index (χ0) is 15.6. The maximum atomic E-state index is 11.2. The van der Waals surface area contributed by atoms with Crippen molar-refractivity contribution in [1.29, 1.82) is 0 Å². The van der Waals surface area contributed by atoms with Gasteiger partial charge in [0.25, 0.3) is 5.69 Å². The number of amides is 1. The third-order valence-electron chi connectivity index (χ3n) is 2.89. The molecule has 0 spiro atoms. The number of benzene rings is 1. The van der Waals surface area contributed by atoms with Crippen LogP contribution in [0.3, 0.4) is 0 Å². The number of aromatic nitrogens is 2. The van der Waals surface area contributed by atoms with Gasteiger partial charge in [0.2, 0.25) is 5.91 Å². The van der Waals surface area contributed by atoms with E-state index in [4.69, 9.17) is 5.73 Å². The van der Waals surface area contributed by atoms with Gasteiger partial charge in [0.1, 0.15) is 5.69 Å². The Labute approximate surface area is 120 Å². The van der Waals surface area contributed by atoms with Crippen LogP contribution in [0, 0.1) is 10.1 Å². The highest BCUT2D eigenvalue weighted by Gasteiger charge is 2.16. The van der Waals surface area contributed by atoms with Crippen LogP contribution >= 0.6 is 0 Å². The number of nitro benzene ring substituents is 1. The summed E-state index contributed by atoms with van der Waals surface area (Å²) in [5.74, 6) is -0.647. The van der Waals surface area contributed by atoms with E-state index in [1.54, 1.807) is 17.1 Å². The highest BCUT2D eigenvalue weighted by molar-refractivity contribution is 5.94. The minimum atomic E-state index is -0.647. The third-order valence-corrected chi connectivity index (χ3v) is 2.89. The van der Waals surface area contributed by atoms with Gasteiger partial charge in [-0.05, 0) is 26.0 Å². The van der Waals surface area contributed by atoms with E-state index in [-0.39, 0.29) is 23.0 Å². The fourth-order valence-electron chi connectivity index (χ4n) is 1.79. The van der Waals surface area contributed by atoms with Gasteiger partial charge in [-0.25, -0.2) is 0 Å². The number of nitrogens with one attached hydrogen (secondary N) is 1. The van der Waals surface area contributed by atoms with Crippen LogP contribution in [0.1, 0.15) is 30.2 Å². The first-order valence-corrected chi connectivity index (χ1v) is 6.28. The molecule has 0 saturated heterocycles. The number of anilines is 2. The third kappa shape index (κ3) is 3.16. The number of carbonyl (C=O) groups is 1. The Balaban J connectivity index is 2.38. The summed E-state index contributed by atoms with van der Waals surface area (Å²) >= 11 is 0. The number of primary amides is 1. The van der Waals surface area contributed by atoms with E-state index in [0.717, 1.165) is 0 Å². The van der Waals surface area contributed by atoms with Gasteiger partial charge in [-0.3, -0.25) is 19.6 Å². The second-order valence-corrected chi connectivity index (χ2v) is 4.78. The second kappa shape index (κ2) is 5.61. The maximum Gasteiger partial charge on any atom is 0.292 e. The fourth-order valence-corrected chi connectivity index (χ4v) is 1.79. The van der Waals surface area contributed by atoms with Crippen molar-refractivity contribution in [3.63, 3.8) is 0 Å². The van der Waals surface area contributed by atoms with Gasteiger partial charge in [0.05, 0.1) is 16.8 Å². The van der Waals surface area contributed by atoms with Crippen LogP contribution in [-0.4, -0.2) is 20.6 Å². The fraction of sp³-hybridized carbons (Fsp3) is 0.231. The zero-order valence-corrected chi connectivity index (χ0v) is 11.6. The summed E-state index contributed by atoms with van der Waals surface area (Å²) in [5.41, 5.74) is 6.03. The molecule has 3 N–H and O–H groups in total. The summed E-state index contributed by atoms with van der Waals surface area (Å²) in [6, 6.07) is 4.10. The largest absolute Gasteiger partial charge is 0.366 e. The lowest BCUT2D eigenvalue weighted by atomic mass is 10.1. The van der Waals surface area contributed by atoms with Crippen LogP contribution in [0.15, 0.2) is 30.6 Å². The standard InChI is InChI=1S/C13H15N5O3/c1-8(2)17-7-10(6-15-17)16-11-5-9(13(14)19)3-4-12(11)18(20)21/h3-8,16H,1-2H3,(H2,14,19). The normalized spacial score (nSPS) is 10.6. The summed E-state index contributed by atoms with van der Waals surface area (Å²) in [6.07, 6.45) is 3.28. The molecule has 21 heavy (non-hydrogen) atoms. The summed E-state index contributed by atoms with van der Waals surface area (Å²) < 4.78 is 1.71. The molecule has 0 aliphatic carbocycles. The first-order valence-electron chi connectivity index (χ1n) is 6.28. The van der Waals surface area contributed by atoms with E-state index >= 15 is 0 Å². The molecule has 1 heterocycles. The number of hydrogen-bond donors (Lipinski definition) is 2. The molecule has 0 unspecified atom stereocenters. The molecule has 1 aromatic carbocycles. The van der Waals surface area contributed by atoms with Crippen molar-refractivity contribution < 1.29 is 9.72 Å². The van der Waals surface area contributed by atoms with Gasteiger partial charge in [-0.15, -0.1) is 0 Å². The zero-order valence-electron chi connectivity index (χ0n) is 11.6. The summed E-state index contributed by atoms with van der Waals surface area (Å²) in [4.78, 5) is 21.7. The molecule has 0 aliphatic heterocycles.